The van der Waals surface area contributed by atoms with E-state index in [4.69, 9.17) is 0 Å². The fourth-order valence-corrected chi connectivity index (χ4v) is 39.0. The fourth-order valence-electron chi connectivity index (χ4n) is 39.0. The van der Waals surface area contributed by atoms with Crippen molar-refractivity contribution in [3.05, 3.63) is 12.2 Å². The molecule has 846 valence electrons. The summed E-state index contributed by atoms with van der Waals surface area (Å²) in [7, 11) is 6.78. The van der Waals surface area contributed by atoms with Gasteiger partial charge in [0.15, 0.2) is 0 Å². The summed E-state index contributed by atoms with van der Waals surface area (Å²) in [6.07, 6.45) is 83.9. The molecule has 27 fully saturated rings. The van der Waals surface area contributed by atoms with Crippen molar-refractivity contribution in [2.24, 2.45) is 235 Å². The first kappa shape index (κ1) is 119. The van der Waals surface area contributed by atoms with E-state index in [0.717, 1.165) is 245 Å². The van der Waals surface area contributed by atoms with Crippen LogP contribution in [-0.4, -0.2) is 91.5 Å². The lowest BCUT2D eigenvalue weighted by Crippen LogP contribution is -2.57. The van der Waals surface area contributed by atoms with Gasteiger partial charge >= 0.3 is 0 Å². The molecule has 0 aromatic heterocycles. The summed E-state index contributed by atoms with van der Waals surface area (Å²) < 4.78 is 13.2. The quantitative estimate of drug-likeness (QED) is 0.186. The predicted molar refractivity (Wildman–Crippen MR) is 631 cm³/mol. The first-order valence-corrected chi connectivity index (χ1v) is 66.2. The largest absolute Gasteiger partial charge is 0.390 e. The van der Waals surface area contributed by atoms with Crippen LogP contribution in [0.25, 0.3) is 0 Å². The Morgan fingerprint density at radius 1 is 0.247 bits per heavy atom. The summed E-state index contributed by atoms with van der Waals surface area (Å²) in [5.41, 5.74) is 12.4. The lowest BCUT2D eigenvalue weighted by molar-refractivity contribution is -0.177. The van der Waals surface area contributed by atoms with Crippen LogP contribution >= 0.6 is 0 Å². The maximum absolute atomic E-state index is 13.2. The second-order valence-electron chi connectivity index (χ2n) is 68.9. The number of aliphatic hydroxyl groups is 1. The Morgan fingerprint density at radius 3 is 0.712 bits per heavy atom. The molecule has 24 aliphatic carbocycles. The van der Waals surface area contributed by atoms with Gasteiger partial charge in [0.1, 0.15) is 5.67 Å². The molecule has 0 bridgehead atoms. The van der Waals surface area contributed by atoms with Crippen LogP contribution in [0.2, 0.25) is 0 Å². The van der Waals surface area contributed by atoms with Gasteiger partial charge in [-0.3, -0.25) is 0 Å². The van der Waals surface area contributed by atoms with Crippen molar-refractivity contribution in [2.75, 3.05) is 60.4 Å². The number of alkyl halides is 1. The van der Waals surface area contributed by atoms with Crippen molar-refractivity contribution in [2.45, 2.75) is 585 Å². The topological polar surface area (TPSA) is 30.0 Å². The van der Waals surface area contributed by atoms with Crippen LogP contribution in [0.5, 0.6) is 0 Å². The molecule has 146 heavy (non-hydrogen) atoms. The molecule has 3 aliphatic heterocycles. The SMILES string of the molecule is C=C1CC2(C1)CC(C(C)C)C2.CC(C)C1(C)CC2(CCC2)C1.CC(C)C1CC12CC2.CC(C)C1CC12CCC2.CC(C)C1CC2(C1)CC(C)(F)C2.CC(C)C1CC2(C1)CC(C)(O)C2.CC(C)C1CC2(C1)CC1(CCC1)C2.CC(C)C1CC2(CC2)C1.CC(C)C1CC2(CCC2)C1.CC(C)C1CC2(CCN(C)CC2)C1.CC(C)C1CC2(CCN(C)CC2)C1.CC(C)C1CCC2(CCN(C)CC2)C1.CC1CC2(C1)CC(C(C)C)C2. The average Bonchev–Trinajstić information content (AvgIpc) is 1.06. The third-order valence-corrected chi connectivity index (χ3v) is 51.6. The van der Waals surface area contributed by atoms with Crippen molar-refractivity contribution >= 4 is 0 Å². The highest BCUT2D eigenvalue weighted by molar-refractivity contribution is 5.21. The van der Waals surface area contributed by atoms with E-state index in [1.54, 1.807) is 148 Å². The van der Waals surface area contributed by atoms with Gasteiger partial charge < -0.3 is 19.8 Å². The standard InChI is InChI=1S/C13H25N.C13H22.2C12H23N.C11H19F.C11H20O.C11H20.C11H18.C11H20.C10H18.2C9H16.C8H14/c1-11(2)12-4-5-13(10-12)6-8-14(3)9-7-13;1-10(2)11-6-13(7-11)8-12(9-13)4-3-5-12;2*1-10(2)11-8-12(9-11)4-6-13(3)7-5-12;2*1-8(2)9-4-11(5-9)6-10(3,12)7-11;2*1-8(2)10-6-11(7-10)4-9(3)5-11;1-9(2)10(3)7-11(8-10)5-4-6-11;1-8(2)9-6-10(7-9)4-3-5-10;1-7(2)8-5-9(6-8)3-4-9;1-7(2)8-6-9(8)4-3-5-9;1-6(2)7-5-8(7)3-4-8/h11-12H,4-10H2,1-3H3;10-11H,3-9H2,1-2H3;2*10-11H,4-9H2,1-3H3;8-9H,4-7H2,1-3H3;8-9,12H,4-7H2,1-3H3;8-10H,4-7H2,1-3H3;8,10H,3-7H2,1-2H3;9H,4-8H2,1-3H3;8-9H,3-7H2,1-2H3;2*7-8H,3-6H2,1-2H3;6-7H,3-5H2,1-2H3. The van der Waals surface area contributed by atoms with E-state index in [9.17, 15) is 9.50 Å². The molecule has 27 rings (SSSR count). The van der Waals surface area contributed by atoms with Crippen molar-refractivity contribution in [3.8, 4) is 0 Å². The van der Waals surface area contributed by atoms with E-state index in [1.807, 2.05) is 6.92 Å². The van der Waals surface area contributed by atoms with Crippen LogP contribution in [0.15, 0.2) is 12.2 Å². The van der Waals surface area contributed by atoms with Crippen LogP contribution in [0, 0.1) is 235 Å². The molecule has 0 amide bonds. The van der Waals surface area contributed by atoms with Gasteiger partial charge in [0.25, 0.3) is 0 Å². The second kappa shape index (κ2) is 45.9. The van der Waals surface area contributed by atoms with Gasteiger partial charge in [-0.1, -0.05) is 232 Å². The summed E-state index contributed by atoms with van der Waals surface area (Å²) >= 11 is 0. The van der Waals surface area contributed by atoms with Crippen LogP contribution in [0.4, 0.5) is 4.39 Å². The highest BCUT2D eigenvalue weighted by atomic mass is 19.1. The Balaban J connectivity index is 0.000000119. The highest BCUT2D eigenvalue weighted by Crippen LogP contribution is 2.76. The number of nitrogens with zero attached hydrogens (tertiary/aromatic N) is 3. The maximum Gasteiger partial charge on any atom is 0.109 e. The molecule has 0 radical (unpaired) electrons. The summed E-state index contributed by atoms with van der Waals surface area (Å²) in [4.78, 5) is 7.45. The van der Waals surface area contributed by atoms with Crippen LogP contribution in [0.3, 0.4) is 0 Å². The molecular weight excluding hydrogens is 1770 g/mol. The second-order valence-corrected chi connectivity index (χ2v) is 68.9. The van der Waals surface area contributed by atoms with Crippen molar-refractivity contribution < 1.29 is 9.50 Å². The minimum Gasteiger partial charge on any atom is -0.390 e. The Hall–Kier alpha value is -0.490. The third kappa shape index (κ3) is 28.7. The number of halogens is 1. The molecule has 3 unspecified atom stereocenters. The van der Waals surface area contributed by atoms with Crippen LogP contribution in [-0.2, 0) is 0 Å². The zero-order valence-corrected chi connectivity index (χ0v) is 104. The van der Waals surface area contributed by atoms with Crippen LogP contribution in [0.1, 0.15) is 574 Å². The summed E-state index contributed by atoms with van der Waals surface area (Å²) in [5.74, 6) is 25.5. The smallest absolute Gasteiger partial charge is 0.109 e. The van der Waals surface area contributed by atoms with Gasteiger partial charge in [-0.05, 0) is 650 Å². The number of piperidine rings is 3. The molecule has 0 aromatic rings. The number of allylic oxidation sites excluding steroid dienone is 1. The lowest BCUT2D eigenvalue weighted by atomic mass is 9.37. The van der Waals surface area contributed by atoms with E-state index in [1.165, 1.54) is 244 Å². The fraction of sp³-hybridized carbons (Fsp3) is 0.986. The van der Waals surface area contributed by atoms with E-state index >= 15 is 0 Å². The first-order valence-electron chi connectivity index (χ1n) is 66.2. The molecular formula is C141H254FN3O. The van der Waals surface area contributed by atoms with Gasteiger partial charge in [-0.25, -0.2) is 4.39 Å². The van der Waals surface area contributed by atoms with E-state index in [2.05, 4.69) is 236 Å². The van der Waals surface area contributed by atoms with Crippen LogP contribution < -0.4 is 0 Å². The Kier molecular flexibility index (Phi) is 37.6. The highest BCUT2D eigenvalue weighted by Gasteiger charge is 2.66. The average molecular weight is 2030 g/mol. The molecule has 3 heterocycles. The minimum atomic E-state index is -0.818. The summed E-state index contributed by atoms with van der Waals surface area (Å²) in [6.45, 7) is 82.1. The van der Waals surface area contributed by atoms with Crippen molar-refractivity contribution in [3.63, 3.8) is 0 Å². The molecule has 4 nitrogen and oxygen atoms in total. The van der Waals surface area contributed by atoms with Crippen molar-refractivity contribution in [1.82, 2.24) is 14.7 Å². The van der Waals surface area contributed by atoms with Gasteiger partial charge in [0.05, 0.1) is 5.60 Å². The molecule has 3 saturated heterocycles. The Labute approximate surface area is 910 Å². The molecule has 1 N–H and O–H groups in total. The van der Waals surface area contributed by atoms with Gasteiger partial charge in [-0.2, -0.15) is 0 Å². The van der Waals surface area contributed by atoms with Gasteiger partial charge in [0, 0.05) is 0 Å². The minimum absolute atomic E-state index is 0.318. The molecule has 24 saturated carbocycles. The third-order valence-electron chi connectivity index (χ3n) is 51.6. The number of hydrogen-bond acceptors (Lipinski definition) is 4. The molecule has 27 aliphatic rings. The normalized spacial score (nSPS) is 39.9. The van der Waals surface area contributed by atoms with E-state index < -0.39 is 5.67 Å². The molecule has 3 atom stereocenters. The van der Waals surface area contributed by atoms with E-state index in [0.29, 0.717) is 16.2 Å². The Morgan fingerprint density at radius 2 is 0.493 bits per heavy atom. The summed E-state index contributed by atoms with van der Waals surface area (Å²) in [6, 6.07) is 0. The van der Waals surface area contributed by atoms with Crippen molar-refractivity contribution in [1.29, 1.82) is 0 Å². The maximum atomic E-state index is 13.2. The Bertz CT molecular complexity index is 3850. The van der Waals surface area contributed by atoms with E-state index in [-0.39, 0.29) is 5.60 Å². The predicted octanol–water partition coefficient (Wildman–Crippen LogP) is 40.6. The first-order chi connectivity index (χ1) is 68.0. The summed E-state index contributed by atoms with van der Waals surface area (Å²) in [5, 5.41) is 9.64. The van der Waals surface area contributed by atoms with Gasteiger partial charge in [-0.15, -0.1) is 0 Å². The monoisotopic (exact) mass is 2020 g/mol. The molecule has 14 spiro atoms. The zero-order chi connectivity index (χ0) is 106. The number of rotatable bonds is 13. The molecule has 0 aromatic carbocycles. The number of hydrogen-bond donors (Lipinski definition) is 1. The lowest BCUT2D eigenvalue weighted by Gasteiger charge is -2.68. The zero-order valence-electron chi connectivity index (χ0n) is 104. The van der Waals surface area contributed by atoms with Gasteiger partial charge in [0.2, 0.25) is 0 Å². The molecule has 5 heteroatoms. The number of likely N-dealkylation sites (tertiary alicyclic amines) is 3.